The van der Waals surface area contributed by atoms with E-state index < -0.39 is 17.8 Å². The fourth-order valence-electron chi connectivity index (χ4n) is 6.67. The summed E-state index contributed by atoms with van der Waals surface area (Å²) in [5, 5.41) is 27.7. The Hall–Kier alpha value is -5.40. The van der Waals surface area contributed by atoms with Crippen molar-refractivity contribution < 1.29 is 29.3 Å². The number of nitrogens with one attached hydrogen (secondary N) is 3. The number of amides is 2. The van der Waals surface area contributed by atoms with E-state index in [4.69, 9.17) is 21.3 Å². The van der Waals surface area contributed by atoms with Crippen molar-refractivity contribution in [3.8, 4) is 22.6 Å². The van der Waals surface area contributed by atoms with Crippen molar-refractivity contribution in [2.75, 3.05) is 43.0 Å². The molecule has 1 aromatic heterocycles. The number of aliphatic hydroxyl groups excluding tert-OH is 1. The summed E-state index contributed by atoms with van der Waals surface area (Å²) in [7, 11) is 1.53. The fraction of sp³-hybridized carbons (Fsp3) is 0.293. The molecule has 1 unspecified atom stereocenters. The Bertz CT molecular complexity index is 2150. The monoisotopic (exact) mass is 753 g/mol. The molecule has 1 saturated heterocycles. The van der Waals surface area contributed by atoms with Crippen molar-refractivity contribution in [3.63, 3.8) is 0 Å². The van der Waals surface area contributed by atoms with E-state index in [1.54, 1.807) is 30.3 Å². The number of hydrogen-bond acceptors (Lipinski definition) is 9. The number of rotatable bonds is 13. The van der Waals surface area contributed by atoms with Crippen LogP contribution in [0.15, 0.2) is 102 Å². The minimum atomic E-state index is -0.922. The summed E-state index contributed by atoms with van der Waals surface area (Å²) in [6.45, 7) is 4.29. The third-order valence-corrected chi connectivity index (χ3v) is 10.2. The molecule has 5 aromatic rings. The number of pyridine rings is 1. The summed E-state index contributed by atoms with van der Waals surface area (Å²) in [5.41, 5.74) is 3.68. The lowest BCUT2D eigenvalue weighted by Gasteiger charge is -2.38. The van der Waals surface area contributed by atoms with E-state index in [1.165, 1.54) is 19.2 Å². The number of methoxy groups -OCH3 is 1. The normalized spacial score (nSPS) is 14.7. The second kappa shape index (κ2) is 17.2. The molecule has 54 heavy (non-hydrogen) atoms. The van der Waals surface area contributed by atoms with E-state index in [0.29, 0.717) is 67.1 Å². The Balaban J connectivity index is 0.961. The van der Waals surface area contributed by atoms with Crippen LogP contribution in [0.1, 0.15) is 43.4 Å². The molecular formula is C41H44ClN5O7. The number of phenols is 1. The summed E-state index contributed by atoms with van der Waals surface area (Å²) in [5.74, 6) is 0.174. The second-order valence-electron chi connectivity index (χ2n) is 13.6. The largest absolute Gasteiger partial charge is 0.506 e. The van der Waals surface area contributed by atoms with E-state index in [0.717, 1.165) is 21.1 Å². The van der Waals surface area contributed by atoms with E-state index in [9.17, 15) is 24.6 Å². The highest BCUT2D eigenvalue weighted by Crippen LogP contribution is 2.32. The van der Waals surface area contributed by atoms with Crippen LogP contribution in [-0.2, 0) is 16.1 Å². The van der Waals surface area contributed by atoms with Gasteiger partial charge in [0.05, 0.1) is 30.1 Å². The van der Waals surface area contributed by atoms with Gasteiger partial charge in [0.2, 0.25) is 11.5 Å². The van der Waals surface area contributed by atoms with Crippen molar-refractivity contribution in [3.05, 3.63) is 119 Å². The number of H-pyrrole nitrogens is 1. The minimum absolute atomic E-state index is 0.0759. The number of para-hydroxylation sites is 1. The number of aromatic amines is 1. The number of halogens is 1. The van der Waals surface area contributed by atoms with E-state index in [2.05, 4.69) is 20.5 Å². The number of carbonyl (C=O) groups excluding carboxylic acids is 2. The molecule has 2 heterocycles. The molecular weight excluding hydrogens is 710 g/mol. The molecule has 1 aliphatic rings. The number of ether oxygens (including phenoxy) is 2. The van der Waals surface area contributed by atoms with Crippen LogP contribution in [0.3, 0.4) is 0 Å². The van der Waals surface area contributed by atoms with Gasteiger partial charge >= 0.3 is 6.09 Å². The van der Waals surface area contributed by atoms with Gasteiger partial charge in [0.1, 0.15) is 17.1 Å². The SMILES string of the molecule is COc1cc(N(Cl)C(=O)CCN2CCC(C)(OC(=O)Nc3ccccc3-c3ccccc3)CC2)ccc1CNCC(O)c1ccc(O)c2[nH]c(=O)ccc12. The lowest BCUT2D eigenvalue weighted by Crippen LogP contribution is -2.46. The number of aliphatic hydroxyl groups is 1. The fourth-order valence-corrected chi connectivity index (χ4v) is 6.86. The average molecular weight is 754 g/mol. The van der Waals surface area contributed by atoms with Crippen LogP contribution in [0.25, 0.3) is 22.0 Å². The Morgan fingerprint density at radius 1 is 1.00 bits per heavy atom. The lowest BCUT2D eigenvalue weighted by molar-refractivity contribution is -0.118. The van der Waals surface area contributed by atoms with Crippen LogP contribution in [0.4, 0.5) is 16.2 Å². The zero-order valence-corrected chi connectivity index (χ0v) is 30.9. The second-order valence-corrected chi connectivity index (χ2v) is 13.9. The molecule has 0 aliphatic carbocycles. The summed E-state index contributed by atoms with van der Waals surface area (Å²) < 4.78 is 12.6. The maximum Gasteiger partial charge on any atom is 0.412 e. The molecule has 2 amide bonds. The number of piperidine rings is 1. The molecule has 1 fully saturated rings. The number of likely N-dealkylation sites (tertiary alicyclic amines) is 1. The summed E-state index contributed by atoms with van der Waals surface area (Å²) in [6, 6.07) is 28.7. The minimum Gasteiger partial charge on any atom is -0.506 e. The van der Waals surface area contributed by atoms with Crippen molar-refractivity contribution in [1.29, 1.82) is 0 Å². The molecule has 0 saturated carbocycles. The van der Waals surface area contributed by atoms with Gasteiger partial charge in [-0.1, -0.05) is 60.7 Å². The zero-order chi connectivity index (χ0) is 38.2. The summed E-state index contributed by atoms with van der Waals surface area (Å²) in [6.07, 6.45) is 0.0145. The van der Waals surface area contributed by atoms with Crippen molar-refractivity contribution in [2.24, 2.45) is 0 Å². The zero-order valence-electron chi connectivity index (χ0n) is 30.2. The number of nitrogens with zero attached hydrogens (tertiary/aromatic N) is 2. The molecule has 5 N–H and O–H groups in total. The third kappa shape index (κ3) is 9.20. The van der Waals surface area contributed by atoms with Gasteiger partial charge in [-0.05, 0) is 55.2 Å². The van der Waals surface area contributed by atoms with Crippen LogP contribution in [0.2, 0.25) is 0 Å². The number of benzene rings is 4. The summed E-state index contributed by atoms with van der Waals surface area (Å²) in [4.78, 5) is 42.6. The molecule has 0 bridgehead atoms. The summed E-state index contributed by atoms with van der Waals surface area (Å²) >= 11 is 6.51. The van der Waals surface area contributed by atoms with Gasteiger partial charge in [-0.25, -0.2) is 9.21 Å². The first-order valence-electron chi connectivity index (χ1n) is 17.8. The van der Waals surface area contributed by atoms with E-state index in [-0.39, 0.29) is 35.7 Å². The predicted octanol–water partition coefficient (Wildman–Crippen LogP) is 6.71. The quantitative estimate of drug-likeness (QED) is 0.0825. The Morgan fingerprint density at radius 2 is 1.74 bits per heavy atom. The number of phenolic OH excluding ortho intramolecular Hbond substituents is 1. The predicted molar refractivity (Wildman–Crippen MR) is 210 cm³/mol. The van der Waals surface area contributed by atoms with Gasteiger partial charge in [-0.3, -0.25) is 14.9 Å². The van der Waals surface area contributed by atoms with Gasteiger partial charge in [-0.2, -0.15) is 0 Å². The van der Waals surface area contributed by atoms with Crippen LogP contribution < -0.4 is 25.3 Å². The first-order chi connectivity index (χ1) is 26.0. The van der Waals surface area contributed by atoms with Gasteiger partial charge in [-0.15, -0.1) is 0 Å². The maximum absolute atomic E-state index is 13.1. The van der Waals surface area contributed by atoms with Crippen molar-refractivity contribution >= 4 is 46.1 Å². The van der Waals surface area contributed by atoms with Crippen LogP contribution >= 0.6 is 11.8 Å². The lowest BCUT2D eigenvalue weighted by atomic mass is 9.93. The number of anilines is 2. The van der Waals surface area contributed by atoms with Gasteiger partial charge in [0.25, 0.3) is 0 Å². The number of hydrogen-bond donors (Lipinski definition) is 5. The number of carbonyl (C=O) groups is 2. The third-order valence-electron chi connectivity index (χ3n) is 9.78. The number of fused-ring (bicyclic) bond motifs is 1. The molecule has 12 nitrogen and oxygen atoms in total. The smallest absolute Gasteiger partial charge is 0.412 e. The highest BCUT2D eigenvalue weighted by atomic mass is 35.5. The molecule has 13 heteroatoms. The molecule has 6 rings (SSSR count). The molecule has 4 aromatic carbocycles. The molecule has 1 aliphatic heterocycles. The highest BCUT2D eigenvalue weighted by Gasteiger charge is 2.34. The van der Waals surface area contributed by atoms with Crippen LogP contribution in [-0.4, -0.2) is 71.0 Å². The van der Waals surface area contributed by atoms with Crippen molar-refractivity contribution in [1.82, 2.24) is 15.2 Å². The number of aromatic nitrogens is 1. The Kier molecular flexibility index (Phi) is 12.2. The average Bonchev–Trinajstić information content (AvgIpc) is 3.18. The topological polar surface area (TPSA) is 156 Å². The van der Waals surface area contributed by atoms with Gasteiger partial charge in [0, 0.05) is 79.6 Å². The Labute approximate surface area is 318 Å². The first kappa shape index (κ1) is 38.3. The van der Waals surface area contributed by atoms with Gasteiger partial charge in [0.15, 0.2) is 0 Å². The number of aromatic hydroxyl groups is 1. The highest BCUT2D eigenvalue weighted by molar-refractivity contribution is 6.36. The maximum atomic E-state index is 13.1. The van der Waals surface area contributed by atoms with Crippen LogP contribution in [0, 0.1) is 0 Å². The van der Waals surface area contributed by atoms with Gasteiger partial charge < -0.3 is 34.9 Å². The van der Waals surface area contributed by atoms with E-state index >= 15 is 0 Å². The first-order valence-corrected chi connectivity index (χ1v) is 18.1. The van der Waals surface area contributed by atoms with E-state index in [1.807, 2.05) is 61.5 Å². The van der Waals surface area contributed by atoms with Crippen LogP contribution in [0.5, 0.6) is 11.5 Å². The standard InChI is InChI=1S/C41H44ClN5O7/c1-41(54-40(52)44-33-11-7-6-10-30(33)27-8-4-3-5-9-27)19-22-46(23-20-41)21-18-38(51)47(42)29-13-12-28(36(24-29)53-2)25-43-26-35(49)31-14-16-34(48)39-32(31)15-17-37(50)45-39/h3-17,24,35,43,48-49H,18-23,25-26H2,1-2H3,(H,44,52)(H,45,50). The molecule has 282 valence electrons. The van der Waals surface area contributed by atoms with Crippen molar-refractivity contribution in [2.45, 2.75) is 44.4 Å². The Morgan fingerprint density at radius 3 is 2.50 bits per heavy atom. The molecule has 0 spiro atoms. The molecule has 1 atom stereocenters. The molecule has 0 radical (unpaired) electrons.